The van der Waals surface area contributed by atoms with Crippen molar-refractivity contribution in [2.24, 2.45) is 0 Å². The summed E-state index contributed by atoms with van der Waals surface area (Å²) in [5, 5.41) is 12.1. The van der Waals surface area contributed by atoms with Crippen LogP contribution < -0.4 is 5.32 Å². The van der Waals surface area contributed by atoms with Gasteiger partial charge < -0.3 is 15.3 Å². The molecule has 2 N–H and O–H groups in total. The highest BCUT2D eigenvalue weighted by molar-refractivity contribution is 7.80. The summed E-state index contributed by atoms with van der Waals surface area (Å²) in [5.74, 6) is -1.28. The van der Waals surface area contributed by atoms with E-state index in [0.29, 0.717) is 24.7 Å². The van der Waals surface area contributed by atoms with E-state index in [2.05, 4.69) is 10.2 Å². The van der Waals surface area contributed by atoms with E-state index in [9.17, 15) is 8.78 Å². The molecule has 1 aliphatic heterocycles. The lowest BCUT2D eigenvalue weighted by Gasteiger charge is -2.35. The van der Waals surface area contributed by atoms with Gasteiger partial charge in [0.25, 0.3) is 0 Å². The molecule has 1 fully saturated rings. The molecule has 110 valence electrons. The molecule has 0 amide bonds. The maximum absolute atomic E-state index is 13.5. The third-order valence-corrected chi connectivity index (χ3v) is 3.61. The van der Waals surface area contributed by atoms with Crippen LogP contribution in [-0.4, -0.2) is 59.3 Å². The Bertz CT molecular complexity index is 479. The van der Waals surface area contributed by atoms with Gasteiger partial charge in [-0.3, -0.25) is 4.90 Å². The first-order valence-electron chi connectivity index (χ1n) is 6.44. The van der Waals surface area contributed by atoms with Crippen LogP contribution in [0, 0.1) is 11.6 Å². The Balaban J connectivity index is 1.89. The normalized spacial score (nSPS) is 16.2. The average Bonchev–Trinajstić information content (AvgIpc) is 2.43. The number of aliphatic hydroxyl groups is 1. The molecule has 0 radical (unpaired) electrons. The van der Waals surface area contributed by atoms with Crippen molar-refractivity contribution in [2.45, 2.75) is 0 Å². The third-order valence-electron chi connectivity index (χ3n) is 3.25. The van der Waals surface area contributed by atoms with E-state index < -0.39 is 11.6 Å². The molecule has 0 saturated carbocycles. The number of benzene rings is 1. The molecular weight excluding hydrogens is 284 g/mol. The van der Waals surface area contributed by atoms with Crippen LogP contribution in [0.25, 0.3) is 0 Å². The fourth-order valence-corrected chi connectivity index (χ4v) is 2.39. The second kappa shape index (κ2) is 6.92. The Morgan fingerprint density at radius 2 is 1.95 bits per heavy atom. The maximum atomic E-state index is 13.5. The predicted octanol–water partition coefficient (Wildman–Crippen LogP) is 1.27. The highest BCUT2D eigenvalue weighted by Gasteiger charge is 2.19. The van der Waals surface area contributed by atoms with Crippen molar-refractivity contribution < 1.29 is 13.9 Å². The van der Waals surface area contributed by atoms with Gasteiger partial charge >= 0.3 is 0 Å². The summed E-state index contributed by atoms with van der Waals surface area (Å²) in [7, 11) is 0. The molecule has 0 aromatic heterocycles. The predicted molar refractivity (Wildman–Crippen MR) is 77.7 cm³/mol. The number of nitrogens with one attached hydrogen (secondary N) is 1. The molecule has 0 unspecified atom stereocenters. The summed E-state index contributed by atoms with van der Waals surface area (Å²) >= 11 is 5.24. The van der Waals surface area contributed by atoms with Crippen LogP contribution in [0.4, 0.5) is 14.5 Å². The summed E-state index contributed by atoms with van der Waals surface area (Å²) in [5.41, 5.74) is 0.175. The third kappa shape index (κ3) is 3.84. The van der Waals surface area contributed by atoms with Crippen molar-refractivity contribution in [2.75, 3.05) is 44.6 Å². The van der Waals surface area contributed by atoms with Crippen molar-refractivity contribution in [1.82, 2.24) is 9.80 Å². The second-order valence-corrected chi connectivity index (χ2v) is 4.99. The van der Waals surface area contributed by atoms with Crippen LogP contribution in [-0.2, 0) is 0 Å². The summed E-state index contributed by atoms with van der Waals surface area (Å²) in [6, 6.07) is 3.34. The molecule has 0 atom stereocenters. The van der Waals surface area contributed by atoms with Gasteiger partial charge in [-0.15, -0.1) is 0 Å². The van der Waals surface area contributed by atoms with Gasteiger partial charge in [0.15, 0.2) is 5.11 Å². The van der Waals surface area contributed by atoms with Crippen molar-refractivity contribution in [3.05, 3.63) is 29.8 Å². The number of rotatable bonds is 3. The summed E-state index contributed by atoms with van der Waals surface area (Å²) < 4.78 is 26.3. The Morgan fingerprint density at radius 3 is 2.55 bits per heavy atom. The number of β-amino-alcohol motifs (C(OH)–C–C–N with tert-alkyl or cyclic N) is 1. The highest BCUT2D eigenvalue weighted by Crippen LogP contribution is 2.16. The number of piperazine rings is 1. The molecule has 1 saturated heterocycles. The van der Waals surface area contributed by atoms with Gasteiger partial charge in [-0.2, -0.15) is 0 Å². The topological polar surface area (TPSA) is 38.7 Å². The number of hydrogen-bond acceptors (Lipinski definition) is 3. The zero-order chi connectivity index (χ0) is 14.5. The lowest BCUT2D eigenvalue weighted by Crippen LogP contribution is -2.50. The lowest BCUT2D eigenvalue weighted by atomic mass is 10.3. The van der Waals surface area contributed by atoms with E-state index in [1.54, 1.807) is 0 Å². The minimum absolute atomic E-state index is 0.142. The van der Waals surface area contributed by atoms with Gasteiger partial charge in [-0.05, 0) is 24.4 Å². The Hall–Kier alpha value is -1.31. The quantitative estimate of drug-likeness (QED) is 0.823. The van der Waals surface area contributed by atoms with E-state index in [1.165, 1.54) is 12.1 Å². The Labute approximate surface area is 122 Å². The van der Waals surface area contributed by atoms with Gasteiger partial charge in [0.1, 0.15) is 11.6 Å². The highest BCUT2D eigenvalue weighted by atomic mass is 32.1. The van der Waals surface area contributed by atoms with Crippen LogP contribution in [0.1, 0.15) is 0 Å². The summed E-state index contributed by atoms with van der Waals surface area (Å²) in [6.45, 7) is 3.83. The minimum atomic E-state index is -0.661. The first-order valence-corrected chi connectivity index (χ1v) is 6.85. The van der Waals surface area contributed by atoms with Crippen LogP contribution in [0.5, 0.6) is 0 Å². The molecule has 1 aromatic rings. The maximum Gasteiger partial charge on any atom is 0.173 e. The van der Waals surface area contributed by atoms with Crippen LogP contribution in [0.2, 0.25) is 0 Å². The van der Waals surface area contributed by atoms with Gasteiger partial charge in [0, 0.05) is 38.8 Å². The van der Waals surface area contributed by atoms with Crippen LogP contribution in [0.15, 0.2) is 18.2 Å². The van der Waals surface area contributed by atoms with E-state index in [1.807, 2.05) is 4.90 Å². The molecule has 7 heteroatoms. The molecule has 1 aromatic carbocycles. The largest absolute Gasteiger partial charge is 0.395 e. The monoisotopic (exact) mass is 301 g/mol. The van der Waals surface area contributed by atoms with Gasteiger partial charge in [-0.25, -0.2) is 8.78 Å². The number of aliphatic hydroxyl groups excluding tert-OH is 1. The van der Waals surface area contributed by atoms with Crippen LogP contribution >= 0.6 is 12.2 Å². The average molecular weight is 301 g/mol. The fraction of sp³-hybridized carbons (Fsp3) is 0.462. The van der Waals surface area contributed by atoms with Gasteiger partial charge in [-0.1, -0.05) is 0 Å². The number of thiocarbonyl (C=S) groups is 1. The second-order valence-electron chi connectivity index (χ2n) is 4.61. The van der Waals surface area contributed by atoms with E-state index in [4.69, 9.17) is 17.3 Å². The molecule has 4 nitrogen and oxygen atoms in total. The number of hydrogen-bond donors (Lipinski definition) is 2. The van der Waals surface area contributed by atoms with Gasteiger partial charge in [0.2, 0.25) is 0 Å². The summed E-state index contributed by atoms with van der Waals surface area (Å²) in [4.78, 5) is 4.07. The first kappa shape index (κ1) is 15.1. The van der Waals surface area contributed by atoms with Gasteiger partial charge in [0.05, 0.1) is 12.3 Å². The van der Waals surface area contributed by atoms with Crippen molar-refractivity contribution in [3.8, 4) is 0 Å². The molecule has 0 spiro atoms. The van der Waals surface area contributed by atoms with Crippen molar-refractivity contribution >= 4 is 23.0 Å². The van der Waals surface area contributed by atoms with Crippen LogP contribution in [0.3, 0.4) is 0 Å². The molecule has 1 aliphatic rings. The van der Waals surface area contributed by atoms with E-state index in [0.717, 1.165) is 19.2 Å². The smallest absolute Gasteiger partial charge is 0.173 e. The number of halogens is 2. The molecule has 0 aliphatic carbocycles. The van der Waals surface area contributed by atoms with Crippen molar-refractivity contribution in [3.63, 3.8) is 0 Å². The first-order chi connectivity index (χ1) is 9.60. The number of anilines is 1. The SMILES string of the molecule is OCCN1CCN(C(=S)Nc2ccc(F)cc2F)CC1. The fourth-order valence-electron chi connectivity index (χ4n) is 2.10. The zero-order valence-electron chi connectivity index (χ0n) is 11.0. The molecule has 1 heterocycles. The van der Waals surface area contributed by atoms with Crippen molar-refractivity contribution in [1.29, 1.82) is 0 Å². The molecule has 0 bridgehead atoms. The Morgan fingerprint density at radius 1 is 1.25 bits per heavy atom. The summed E-state index contributed by atoms with van der Waals surface area (Å²) in [6.07, 6.45) is 0. The Kier molecular flexibility index (Phi) is 5.22. The minimum Gasteiger partial charge on any atom is -0.395 e. The molecule has 20 heavy (non-hydrogen) atoms. The van der Waals surface area contributed by atoms with E-state index >= 15 is 0 Å². The molecular formula is C13H17F2N3OS. The van der Waals surface area contributed by atoms with E-state index in [-0.39, 0.29) is 12.3 Å². The molecule has 2 rings (SSSR count). The zero-order valence-corrected chi connectivity index (χ0v) is 11.8. The lowest BCUT2D eigenvalue weighted by molar-refractivity contribution is 0.148. The standard InChI is InChI=1S/C13H17F2N3OS/c14-10-1-2-12(11(15)9-10)16-13(20)18-5-3-17(4-6-18)7-8-19/h1-2,9,19H,3-8H2,(H,16,20). The number of nitrogens with zero attached hydrogens (tertiary/aromatic N) is 2.